The number of benzene rings is 1. The third-order valence-corrected chi connectivity index (χ3v) is 3.98. The van der Waals surface area contributed by atoms with Crippen molar-refractivity contribution in [1.29, 1.82) is 0 Å². The van der Waals surface area contributed by atoms with Crippen molar-refractivity contribution in [2.24, 2.45) is 0 Å². The van der Waals surface area contributed by atoms with E-state index in [0.29, 0.717) is 25.5 Å². The largest absolute Gasteiger partial charge is 0.462 e. The molecule has 0 unspecified atom stereocenters. The Kier molecular flexibility index (Phi) is 3.02. The van der Waals surface area contributed by atoms with Gasteiger partial charge in [0.05, 0.1) is 19.5 Å². The minimum atomic E-state index is -0.949. The van der Waals surface area contributed by atoms with Crippen LogP contribution in [0.2, 0.25) is 0 Å². The normalized spacial score (nSPS) is 17.4. The Balaban J connectivity index is 1.87. The molecular weight excluding hydrogens is 282 g/mol. The van der Waals surface area contributed by atoms with Crippen molar-refractivity contribution >= 4 is 10.8 Å². The molecule has 0 atom stereocenters. The summed E-state index contributed by atoms with van der Waals surface area (Å²) in [6.45, 7) is 5.62. The topological polar surface area (TPSA) is 62.3 Å². The molecule has 3 heterocycles. The Labute approximate surface area is 127 Å². The first-order valence-corrected chi connectivity index (χ1v) is 7.27. The summed E-state index contributed by atoms with van der Waals surface area (Å²) >= 11 is 0. The Morgan fingerprint density at radius 1 is 1.23 bits per heavy atom. The maximum Gasteiger partial charge on any atom is 0.249 e. The number of nitrogens with zero attached hydrogens (tertiary/aromatic N) is 3. The van der Waals surface area contributed by atoms with Gasteiger partial charge in [0.2, 0.25) is 5.79 Å². The van der Waals surface area contributed by atoms with Crippen molar-refractivity contribution in [3.05, 3.63) is 47.9 Å². The molecule has 0 radical (unpaired) electrons. The van der Waals surface area contributed by atoms with E-state index in [2.05, 4.69) is 36.1 Å². The van der Waals surface area contributed by atoms with Crippen LogP contribution in [0.25, 0.3) is 10.8 Å². The summed E-state index contributed by atoms with van der Waals surface area (Å²) in [5.74, 6) is -0.247. The van der Waals surface area contributed by atoms with Gasteiger partial charge >= 0.3 is 0 Å². The third kappa shape index (κ3) is 2.03. The van der Waals surface area contributed by atoms with Gasteiger partial charge in [-0.2, -0.15) is 5.10 Å². The Bertz CT molecular complexity index is 802. The van der Waals surface area contributed by atoms with Crippen LogP contribution in [0.4, 0.5) is 0 Å². The maximum absolute atomic E-state index is 5.95. The second-order valence-electron chi connectivity index (χ2n) is 5.65. The van der Waals surface area contributed by atoms with Crippen molar-refractivity contribution in [2.45, 2.75) is 26.2 Å². The summed E-state index contributed by atoms with van der Waals surface area (Å²) in [5, 5.41) is 6.26. The molecule has 0 aliphatic carbocycles. The van der Waals surface area contributed by atoms with Crippen LogP contribution in [-0.2, 0) is 21.8 Å². The molecule has 4 rings (SSSR count). The minimum Gasteiger partial charge on any atom is -0.462 e. The molecule has 6 nitrogen and oxygen atoms in total. The van der Waals surface area contributed by atoms with E-state index in [1.54, 1.807) is 17.3 Å². The lowest BCUT2D eigenvalue weighted by Crippen LogP contribution is -2.33. The summed E-state index contributed by atoms with van der Waals surface area (Å²) in [5.41, 5.74) is 2.35. The first-order chi connectivity index (χ1) is 10.7. The number of ether oxygens (including phenoxy) is 2. The molecule has 1 fully saturated rings. The first kappa shape index (κ1) is 13.5. The lowest BCUT2D eigenvalue weighted by Gasteiger charge is -2.25. The van der Waals surface area contributed by atoms with Crippen LogP contribution >= 0.6 is 0 Å². The van der Waals surface area contributed by atoms with E-state index in [9.17, 15) is 0 Å². The van der Waals surface area contributed by atoms with Crippen LogP contribution in [0.5, 0.6) is 0 Å². The molecule has 6 heteroatoms. The molecule has 0 amide bonds. The summed E-state index contributed by atoms with van der Waals surface area (Å²) in [6.07, 6.45) is 4.91. The molecule has 1 aromatic carbocycles. The molecule has 2 aromatic heterocycles. The van der Waals surface area contributed by atoms with E-state index in [1.807, 2.05) is 0 Å². The van der Waals surface area contributed by atoms with Crippen molar-refractivity contribution < 1.29 is 13.9 Å². The highest BCUT2D eigenvalue weighted by Crippen LogP contribution is 2.40. The zero-order chi connectivity index (χ0) is 15.2. The van der Waals surface area contributed by atoms with Crippen molar-refractivity contribution in [2.75, 3.05) is 13.2 Å². The number of hydrogen-bond donors (Lipinski definition) is 0. The third-order valence-electron chi connectivity index (χ3n) is 3.98. The average molecular weight is 299 g/mol. The van der Waals surface area contributed by atoms with Gasteiger partial charge in [0, 0.05) is 10.8 Å². The molecule has 22 heavy (non-hydrogen) atoms. The molecular formula is C16H17N3O3. The van der Waals surface area contributed by atoms with Crippen molar-refractivity contribution in [3.63, 3.8) is 0 Å². The Hall–Kier alpha value is -2.18. The smallest absolute Gasteiger partial charge is 0.249 e. The first-order valence-electron chi connectivity index (χ1n) is 7.27. The van der Waals surface area contributed by atoms with E-state index < -0.39 is 5.79 Å². The van der Waals surface area contributed by atoms with Gasteiger partial charge in [-0.05, 0) is 25.5 Å². The number of furan rings is 1. The predicted molar refractivity (Wildman–Crippen MR) is 79.3 cm³/mol. The van der Waals surface area contributed by atoms with Crippen molar-refractivity contribution in [1.82, 2.24) is 14.8 Å². The number of fused-ring (bicyclic) bond motifs is 1. The predicted octanol–water partition coefficient (Wildman–Crippen LogP) is 2.54. The van der Waals surface area contributed by atoms with E-state index in [4.69, 9.17) is 13.9 Å². The Morgan fingerprint density at radius 2 is 2.05 bits per heavy atom. The molecule has 114 valence electrons. The fourth-order valence-corrected chi connectivity index (χ4v) is 3.14. The van der Waals surface area contributed by atoms with Crippen LogP contribution in [0.3, 0.4) is 0 Å². The van der Waals surface area contributed by atoms with Gasteiger partial charge in [-0.15, -0.1) is 0 Å². The van der Waals surface area contributed by atoms with Crippen LogP contribution < -0.4 is 0 Å². The number of aryl methyl sites for hydroxylation is 2. The zero-order valence-electron chi connectivity index (χ0n) is 12.6. The second-order valence-corrected chi connectivity index (χ2v) is 5.65. The fourth-order valence-electron chi connectivity index (χ4n) is 3.14. The molecule has 0 saturated carbocycles. The standard InChI is InChI=1S/C16H17N3O3/c1-11-5-12(2)14-13(6-11)7-20-15(14)16(21-3-4-22-16)8-19-10-17-9-18-19/h5-7,9-10H,3-4,8H2,1-2H3. The summed E-state index contributed by atoms with van der Waals surface area (Å²) in [6, 6.07) is 4.24. The molecule has 1 saturated heterocycles. The van der Waals surface area contributed by atoms with Gasteiger partial charge in [-0.25, -0.2) is 9.67 Å². The maximum atomic E-state index is 5.95. The van der Waals surface area contributed by atoms with E-state index >= 15 is 0 Å². The lowest BCUT2D eigenvalue weighted by molar-refractivity contribution is -0.188. The summed E-state index contributed by atoms with van der Waals surface area (Å²) in [7, 11) is 0. The highest BCUT2D eigenvalue weighted by Gasteiger charge is 2.44. The number of aromatic nitrogens is 3. The van der Waals surface area contributed by atoms with Gasteiger partial charge in [0.25, 0.3) is 0 Å². The SMILES string of the molecule is Cc1cc(C)c2c(C3(Cn4cncn4)OCCO3)occ2c1. The van der Waals surface area contributed by atoms with Crippen LogP contribution in [-0.4, -0.2) is 28.0 Å². The van der Waals surface area contributed by atoms with Crippen molar-refractivity contribution in [3.8, 4) is 0 Å². The van der Waals surface area contributed by atoms with Gasteiger partial charge < -0.3 is 13.9 Å². The lowest BCUT2D eigenvalue weighted by atomic mass is 10.0. The molecule has 1 aliphatic heterocycles. The van der Waals surface area contributed by atoms with E-state index in [1.165, 1.54) is 11.9 Å². The molecule has 3 aromatic rings. The van der Waals surface area contributed by atoms with Gasteiger partial charge in [0.1, 0.15) is 19.2 Å². The monoisotopic (exact) mass is 299 g/mol. The molecule has 1 aliphatic rings. The number of rotatable bonds is 3. The van der Waals surface area contributed by atoms with Crippen LogP contribution in [0.1, 0.15) is 16.9 Å². The fraction of sp³-hybridized carbons (Fsp3) is 0.375. The summed E-state index contributed by atoms with van der Waals surface area (Å²) in [4.78, 5) is 3.98. The second kappa shape index (κ2) is 4.93. The highest BCUT2D eigenvalue weighted by molar-refractivity contribution is 5.88. The van der Waals surface area contributed by atoms with Gasteiger partial charge in [-0.3, -0.25) is 0 Å². The van der Waals surface area contributed by atoms with Crippen LogP contribution in [0, 0.1) is 13.8 Å². The van der Waals surface area contributed by atoms with Crippen LogP contribution in [0.15, 0.2) is 35.5 Å². The average Bonchev–Trinajstić information content (AvgIpc) is 3.18. The summed E-state index contributed by atoms with van der Waals surface area (Å²) < 4.78 is 19.5. The zero-order valence-corrected chi connectivity index (χ0v) is 12.6. The highest BCUT2D eigenvalue weighted by atomic mass is 16.7. The minimum absolute atomic E-state index is 0.406. The van der Waals surface area contributed by atoms with Gasteiger partial charge in [-0.1, -0.05) is 11.6 Å². The Morgan fingerprint density at radius 3 is 2.77 bits per heavy atom. The molecule has 0 N–H and O–H groups in total. The van der Waals surface area contributed by atoms with E-state index in [0.717, 1.165) is 16.3 Å². The van der Waals surface area contributed by atoms with E-state index in [-0.39, 0.29) is 0 Å². The molecule has 0 spiro atoms. The quantitative estimate of drug-likeness (QED) is 0.743. The number of hydrogen-bond acceptors (Lipinski definition) is 5. The molecule has 0 bridgehead atoms. The van der Waals surface area contributed by atoms with Gasteiger partial charge in [0.15, 0.2) is 5.76 Å².